The fourth-order valence-electron chi connectivity index (χ4n) is 1.73. The lowest BCUT2D eigenvalue weighted by molar-refractivity contribution is 0.556. The molecule has 3 N–H and O–H groups in total. The molecule has 0 aliphatic heterocycles. The molecular formula is C14H33N3. The van der Waals surface area contributed by atoms with Gasteiger partial charge in [0.2, 0.25) is 0 Å². The number of rotatable bonds is 14. The highest BCUT2D eigenvalue weighted by molar-refractivity contribution is 4.55. The van der Waals surface area contributed by atoms with Crippen molar-refractivity contribution in [3.05, 3.63) is 0 Å². The molecule has 0 atom stereocenters. The summed E-state index contributed by atoms with van der Waals surface area (Å²) >= 11 is 0. The standard InChI is InChI=1S/C14H33N3/c1-3-5-7-9-15-11-13-17-14-12-16-10-8-6-4-2/h15-17H,3-14H2,1-2H3. The summed E-state index contributed by atoms with van der Waals surface area (Å²) in [5.41, 5.74) is 0. The Labute approximate surface area is 108 Å². The van der Waals surface area contributed by atoms with Crippen LogP contribution in [0.1, 0.15) is 52.4 Å². The molecule has 0 aromatic rings. The first-order valence-electron chi connectivity index (χ1n) is 7.54. The van der Waals surface area contributed by atoms with Gasteiger partial charge in [0.05, 0.1) is 0 Å². The molecule has 0 spiro atoms. The number of hydrogen-bond acceptors (Lipinski definition) is 3. The van der Waals surface area contributed by atoms with E-state index in [0.717, 1.165) is 26.2 Å². The molecule has 0 aliphatic carbocycles. The van der Waals surface area contributed by atoms with Gasteiger partial charge in [-0.3, -0.25) is 0 Å². The highest BCUT2D eigenvalue weighted by Gasteiger charge is 1.90. The van der Waals surface area contributed by atoms with E-state index in [4.69, 9.17) is 0 Å². The first-order chi connectivity index (χ1) is 8.41. The van der Waals surface area contributed by atoms with E-state index in [1.165, 1.54) is 51.6 Å². The third-order valence-corrected chi connectivity index (χ3v) is 2.87. The van der Waals surface area contributed by atoms with E-state index in [2.05, 4.69) is 29.8 Å². The number of hydrogen-bond donors (Lipinski definition) is 3. The van der Waals surface area contributed by atoms with Crippen LogP contribution in [-0.4, -0.2) is 39.3 Å². The Balaban J connectivity index is 2.85. The molecule has 0 saturated carbocycles. The van der Waals surface area contributed by atoms with Gasteiger partial charge >= 0.3 is 0 Å². The quantitative estimate of drug-likeness (QED) is 0.409. The molecule has 0 unspecified atom stereocenters. The summed E-state index contributed by atoms with van der Waals surface area (Å²) in [6.07, 6.45) is 7.95. The molecule has 0 rings (SSSR count). The van der Waals surface area contributed by atoms with E-state index in [1.807, 2.05) is 0 Å². The van der Waals surface area contributed by atoms with E-state index in [9.17, 15) is 0 Å². The van der Waals surface area contributed by atoms with Crippen molar-refractivity contribution in [1.29, 1.82) is 0 Å². The van der Waals surface area contributed by atoms with Gasteiger partial charge in [-0.15, -0.1) is 0 Å². The summed E-state index contributed by atoms with van der Waals surface area (Å²) < 4.78 is 0. The van der Waals surface area contributed by atoms with E-state index in [1.54, 1.807) is 0 Å². The van der Waals surface area contributed by atoms with E-state index >= 15 is 0 Å². The topological polar surface area (TPSA) is 36.1 Å². The van der Waals surface area contributed by atoms with Gasteiger partial charge in [0.25, 0.3) is 0 Å². The predicted molar refractivity (Wildman–Crippen MR) is 77.7 cm³/mol. The largest absolute Gasteiger partial charge is 0.315 e. The molecule has 0 saturated heterocycles. The zero-order chi connectivity index (χ0) is 12.6. The Bertz CT molecular complexity index is 115. The van der Waals surface area contributed by atoms with Crippen LogP contribution in [0.3, 0.4) is 0 Å². The molecule has 104 valence electrons. The highest BCUT2D eigenvalue weighted by Crippen LogP contribution is 1.90. The Hall–Kier alpha value is -0.120. The molecule has 3 nitrogen and oxygen atoms in total. The molecule has 0 aromatic heterocycles. The number of nitrogens with one attached hydrogen (secondary N) is 3. The van der Waals surface area contributed by atoms with Gasteiger partial charge in [-0.25, -0.2) is 0 Å². The molecule has 0 aliphatic rings. The minimum atomic E-state index is 1.09. The maximum Gasteiger partial charge on any atom is 0.00772 e. The minimum absolute atomic E-state index is 1.09. The molecule has 0 bridgehead atoms. The molecule has 3 heteroatoms. The Morgan fingerprint density at radius 3 is 1.18 bits per heavy atom. The summed E-state index contributed by atoms with van der Waals surface area (Å²) in [4.78, 5) is 0. The van der Waals surface area contributed by atoms with Crippen molar-refractivity contribution in [3.63, 3.8) is 0 Å². The smallest absolute Gasteiger partial charge is 0.00772 e. The van der Waals surface area contributed by atoms with Crippen LogP contribution in [0.15, 0.2) is 0 Å². The molecule has 0 radical (unpaired) electrons. The van der Waals surface area contributed by atoms with Gasteiger partial charge in [-0.2, -0.15) is 0 Å². The monoisotopic (exact) mass is 243 g/mol. The van der Waals surface area contributed by atoms with Crippen LogP contribution >= 0.6 is 0 Å². The van der Waals surface area contributed by atoms with Crippen LogP contribution in [0.4, 0.5) is 0 Å². The maximum absolute atomic E-state index is 3.46. The minimum Gasteiger partial charge on any atom is -0.315 e. The normalized spacial score (nSPS) is 10.9. The van der Waals surface area contributed by atoms with Crippen molar-refractivity contribution < 1.29 is 0 Å². The summed E-state index contributed by atoms with van der Waals surface area (Å²) in [5, 5.41) is 10.4. The molecule has 0 aromatic carbocycles. The third-order valence-electron chi connectivity index (χ3n) is 2.87. The summed E-state index contributed by atoms with van der Waals surface area (Å²) in [7, 11) is 0. The van der Waals surface area contributed by atoms with Gasteiger partial charge in [0.1, 0.15) is 0 Å². The van der Waals surface area contributed by atoms with Gasteiger partial charge in [-0.05, 0) is 25.9 Å². The van der Waals surface area contributed by atoms with Crippen LogP contribution in [0.25, 0.3) is 0 Å². The second kappa shape index (κ2) is 15.9. The highest BCUT2D eigenvalue weighted by atomic mass is 15.0. The van der Waals surface area contributed by atoms with Gasteiger partial charge in [-0.1, -0.05) is 39.5 Å². The van der Waals surface area contributed by atoms with E-state index in [0.29, 0.717) is 0 Å². The lowest BCUT2D eigenvalue weighted by Crippen LogP contribution is -2.33. The number of unbranched alkanes of at least 4 members (excludes halogenated alkanes) is 4. The second-order valence-corrected chi connectivity index (χ2v) is 4.66. The van der Waals surface area contributed by atoms with Crippen molar-refractivity contribution in [2.45, 2.75) is 52.4 Å². The summed E-state index contributed by atoms with van der Waals surface area (Å²) in [6, 6.07) is 0. The lowest BCUT2D eigenvalue weighted by Gasteiger charge is -2.07. The van der Waals surface area contributed by atoms with Crippen molar-refractivity contribution in [2.75, 3.05) is 39.3 Å². The molecular weight excluding hydrogens is 210 g/mol. The Morgan fingerprint density at radius 2 is 0.824 bits per heavy atom. The summed E-state index contributed by atoms with van der Waals surface area (Å²) in [5.74, 6) is 0. The van der Waals surface area contributed by atoms with Crippen molar-refractivity contribution in [2.24, 2.45) is 0 Å². The van der Waals surface area contributed by atoms with Crippen LogP contribution < -0.4 is 16.0 Å². The van der Waals surface area contributed by atoms with Crippen LogP contribution in [0.5, 0.6) is 0 Å². The lowest BCUT2D eigenvalue weighted by atomic mass is 10.2. The van der Waals surface area contributed by atoms with Crippen molar-refractivity contribution >= 4 is 0 Å². The van der Waals surface area contributed by atoms with E-state index < -0.39 is 0 Å². The average Bonchev–Trinajstić information content (AvgIpc) is 2.35. The molecule has 0 heterocycles. The van der Waals surface area contributed by atoms with Crippen LogP contribution in [-0.2, 0) is 0 Å². The molecule has 0 amide bonds. The predicted octanol–water partition coefficient (Wildman–Crippen LogP) is 2.14. The first kappa shape index (κ1) is 16.9. The average molecular weight is 243 g/mol. The Kier molecular flexibility index (Phi) is 15.8. The van der Waals surface area contributed by atoms with Gasteiger partial charge < -0.3 is 16.0 Å². The van der Waals surface area contributed by atoms with Gasteiger partial charge in [0.15, 0.2) is 0 Å². The Morgan fingerprint density at radius 1 is 0.471 bits per heavy atom. The fourth-order valence-corrected chi connectivity index (χ4v) is 1.73. The molecule has 17 heavy (non-hydrogen) atoms. The van der Waals surface area contributed by atoms with Crippen molar-refractivity contribution in [1.82, 2.24) is 16.0 Å². The first-order valence-corrected chi connectivity index (χ1v) is 7.54. The zero-order valence-electron chi connectivity index (χ0n) is 12.0. The fraction of sp³-hybridized carbons (Fsp3) is 1.00. The maximum atomic E-state index is 3.46. The zero-order valence-corrected chi connectivity index (χ0v) is 12.0. The van der Waals surface area contributed by atoms with E-state index in [-0.39, 0.29) is 0 Å². The van der Waals surface area contributed by atoms with Crippen LogP contribution in [0, 0.1) is 0 Å². The molecule has 0 fully saturated rings. The third kappa shape index (κ3) is 15.9. The summed E-state index contributed by atoms with van der Waals surface area (Å²) in [6.45, 7) is 11.2. The van der Waals surface area contributed by atoms with Crippen molar-refractivity contribution in [3.8, 4) is 0 Å². The van der Waals surface area contributed by atoms with Crippen LogP contribution in [0.2, 0.25) is 0 Å². The SMILES string of the molecule is CCCCCNCCNCCNCCCCC. The second-order valence-electron chi connectivity index (χ2n) is 4.66. The van der Waals surface area contributed by atoms with Gasteiger partial charge in [0, 0.05) is 26.2 Å².